The average molecular weight is 291 g/mol. The van der Waals surface area contributed by atoms with Crippen molar-refractivity contribution in [3.8, 4) is 11.4 Å². The summed E-state index contributed by atoms with van der Waals surface area (Å²) in [5, 5.41) is 0. The van der Waals surface area contributed by atoms with Crippen LogP contribution in [0.5, 0.6) is 0 Å². The summed E-state index contributed by atoms with van der Waals surface area (Å²) in [5.41, 5.74) is 2.01. The van der Waals surface area contributed by atoms with Crippen molar-refractivity contribution in [1.82, 2.24) is 15.0 Å². The van der Waals surface area contributed by atoms with Gasteiger partial charge in [0.2, 0.25) is 0 Å². The fraction of sp³-hybridized carbons (Fsp3) is 0.316. The summed E-state index contributed by atoms with van der Waals surface area (Å²) in [6.45, 7) is 6.39. The highest BCUT2D eigenvalue weighted by Crippen LogP contribution is 2.25. The maximum absolute atomic E-state index is 4.71. The molecular formula is C19H21N3. The molecule has 3 heteroatoms. The van der Waals surface area contributed by atoms with Gasteiger partial charge in [-0.2, -0.15) is 0 Å². The Hall–Kier alpha value is -2.29. The van der Waals surface area contributed by atoms with E-state index < -0.39 is 0 Å². The van der Waals surface area contributed by atoms with Crippen LogP contribution in [0, 0.1) is 0 Å². The van der Waals surface area contributed by atoms with Gasteiger partial charge in [-0.3, -0.25) is 0 Å². The fourth-order valence-electron chi connectivity index (χ4n) is 2.34. The molecule has 0 bridgehead atoms. The number of nitrogens with zero attached hydrogens (tertiary/aromatic N) is 3. The van der Waals surface area contributed by atoms with E-state index in [1.54, 1.807) is 0 Å². The van der Waals surface area contributed by atoms with Gasteiger partial charge in [-0.25, -0.2) is 15.0 Å². The van der Waals surface area contributed by atoms with E-state index in [2.05, 4.69) is 39.0 Å². The third-order valence-electron chi connectivity index (χ3n) is 3.59. The number of hydrogen-bond donors (Lipinski definition) is 0. The molecule has 0 saturated carbocycles. The zero-order chi connectivity index (χ0) is 15.6. The summed E-state index contributed by atoms with van der Waals surface area (Å²) in [5.74, 6) is 2.35. The number of benzene rings is 1. The second kappa shape index (κ2) is 5.84. The van der Waals surface area contributed by atoms with Crippen LogP contribution >= 0.6 is 0 Å². The van der Waals surface area contributed by atoms with Crippen LogP contribution in [0.4, 0.5) is 0 Å². The molecule has 1 aliphatic carbocycles. The first-order valence-electron chi connectivity index (χ1n) is 7.73. The third kappa shape index (κ3) is 3.14. The van der Waals surface area contributed by atoms with Crippen molar-refractivity contribution in [2.24, 2.45) is 0 Å². The Labute approximate surface area is 131 Å². The molecule has 0 N–H and O–H groups in total. The first kappa shape index (κ1) is 14.6. The van der Waals surface area contributed by atoms with Crippen LogP contribution in [0.25, 0.3) is 17.0 Å². The molecule has 0 aliphatic heterocycles. The van der Waals surface area contributed by atoms with Crippen molar-refractivity contribution in [1.29, 1.82) is 0 Å². The molecule has 22 heavy (non-hydrogen) atoms. The largest absolute Gasteiger partial charge is 0.213 e. The summed E-state index contributed by atoms with van der Waals surface area (Å²) in [4.78, 5) is 14.1. The van der Waals surface area contributed by atoms with Gasteiger partial charge in [0.1, 0.15) is 5.82 Å². The molecule has 0 amide bonds. The Morgan fingerprint density at radius 1 is 0.864 bits per heavy atom. The molecule has 3 nitrogen and oxygen atoms in total. The summed E-state index contributed by atoms with van der Waals surface area (Å²) in [6, 6.07) is 10.1. The average Bonchev–Trinajstić information content (AvgIpc) is 2.55. The van der Waals surface area contributed by atoms with Gasteiger partial charge in [-0.15, -0.1) is 0 Å². The quantitative estimate of drug-likeness (QED) is 0.813. The summed E-state index contributed by atoms with van der Waals surface area (Å²) >= 11 is 0. The van der Waals surface area contributed by atoms with Crippen LogP contribution in [0.2, 0.25) is 0 Å². The lowest BCUT2D eigenvalue weighted by Crippen LogP contribution is -2.18. The van der Waals surface area contributed by atoms with Crippen LogP contribution < -0.4 is 0 Å². The lowest BCUT2D eigenvalue weighted by Gasteiger charge is -2.18. The molecule has 0 fully saturated rings. The van der Waals surface area contributed by atoms with Crippen LogP contribution in [-0.2, 0) is 5.41 Å². The predicted octanol–water partition coefficient (Wildman–Crippen LogP) is 4.57. The number of allylic oxidation sites excluding steroid dienone is 4. The van der Waals surface area contributed by atoms with Crippen LogP contribution in [-0.4, -0.2) is 15.0 Å². The molecule has 0 unspecified atom stereocenters. The zero-order valence-corrected chi connectivity index (χ0v) is 13.4. The minimum Gasteiger partial charge on any atom is -0.213 e. The van der Waals surface area contributed by atoms with Gasteiger partial charge in [-0.05, 0) is 12.8 Å². The molecule has 0 saturated heterocycles. The van der Waals surface area contributed by atoms with Crippen LogP contribution in [0.1, 0.15) is 45.3 Å². The maximum Gasteiger partial charge on any atom is 0.163 e. The lowest BCUT2D eigenvalue weighted by atomic mass is 9.95. The van der Waals surface area contributed by atoms with E-state index in [1.807, 2.05) is 30.3 Å². The first-order chi connectivity index (χ1) is 10.5. The monoisotopic (exact) mass is 291 g/mol. The highest BCUT2D eigenvalue weighted by Gasteiger charge is 2.21. The molecule has 0 spiro atoms. The minimum absolute atomic E-state index is 0.111. The van der Waals surface area contributed by atoms with Gasteiger partial charge in [-0.1, -0.05) is 69.3 Å². The maximum atomic E-state index is 4.71. The minimum atomic E-state index is -0.111. The smallest absolute Gasteiger partial charge is 0.163 e. The number of rotatable bonds is 2. The summed E-state index contributed by atoms with van der Waals surface area (Å²) < 4.78 is 0. The van der Waals surface area contributed by atoms with E-state index in [-0.39, 0.29) is 5.41 Å². The molecule has 3 rings (SSSR count). The Morgan fingerprint density at radius 3 is 2.23 bits per heavy atom. The molecule has 112 valence electrons. The van der Waals surface area contributed by atoms with Crippen molar-refractivity contribution < 1.29 is 0 Å². The second-order valence-electron chi connectivity index (χ2n) is 6.56. The van der Waals surface area contributed by atoms with Gasteiger partial charge in [0, 0.05) is 16.6 Å². The van der Waals surface area contributed by atoms with E-state index in [9.17, 15) is 0 Å². The highest BCUT2D eigenvalue weighted by atomic mass is 15.0. The van der Waals surface area contributed by atoms with E-state index in [4.69, 9.17) is 15.0 Å². The van der Waals surface area contributed by atoms with Crippen molar-refractivity contribution in [3.63, 3.8) is 0 Å². The summed E-state index contributed by atoms with van der Waals surface area (Å²) in [7, 11) is 0. The van der Waals surface area contributed by atoms with Gasteiger partial charge in [0.25, 0.3) is 0 Å². The van der Waals surface area contributed by atoms with E-state index >= 15 is 0 Å². The van der Waals surface area contributed by atoms with Crippen LogP contribution in [0.15, 0.2) is 48.6 Å². The van der Waals surface area contributed by atoms with E-state index in [0.29, 0.717) is 0 Å². The Morgan fingerprint density at radius 2 is 1.59 bits per heavy atom. The zero-order valence-electron chi connectivity index (χ0n) is 13.4. The normalized spacial score (nSPS) is 14.8. The van der Waals surface area contributed by atoms with Crippen molar-refractivity contribution in [2.75, 3.05) is 0 Å². The van der Waals surface area contributed by atoms with Crippen molar-refractivity contribution >= 4 is 5.57 Å². The first-order valence-corrected chi connectivity index (χ1v) is 7.73. The molecule has 1 aromatic heterocycles. The van der Waals surface area contributed by atoms with Crippen molar-refractivity contribution in [3.05, 3.63) is 60.2 Å². The third-order valence-corrected chi connectivity index (χ3v) is 3.59. The van der Waals surface area contributed by atoms with Crippen molar-refractivity contribution in [2.45, 2.75) is 39.0 Å². The second-order valence-corrected chi connectivity index (χ2v) is 6.56. The van der Waals surface area contributed by atoms with Gasteiger partial charge < -0.3 is 0 Å². The molecule has 1 aliphatic rings. The SMILES string of the molecule is CC(C)(C)c1nc(C2=CCCC=C2)nc(-c2ccccc2)n1. The van der Waals surface area contributed by atoms with Gasteiger partial charge in [0.15, 0.2) is 11.6 Å². The summed E-state index contributed by atoms with van der Waals surface area (Å²) in [6.07, 6.45) is 8.63. The number of aromatic nitrogens is 3. The molecule has 0 atom stereocenters. The van der Waals surface area contributed by atoms with Gasteiger partial charge >= 0.3 is 0 Å². The highest BCUT2D eigenvalue weighted by molar-refractivity contribution is 5.71. The topological polar surface area (TPSA) is 38.7 Å². The van der Waals surface area contributed by atoms with Gasteiger partial charge in [0.05, 0.1) is 0 Å². The van der Waals surface area contributed by atoms with E-state index in [1.165, 1.54) is 0 Å². The molecule has 2 aromatic rings. The molecular weight excluding hydrogens is 270 g/mol. The molecule has 1 aromatic carbocycles. The fourth-order valence-corrected chi connectivity index (χ4v) is 2.34. The molecule has 0 radical (unpaired) electrons. The Bertz CT molecular complexity index is 722. The Kier molecular flexibility index (Phi) is 3.88. The number of hydrogen-bond acceptors (Lipinski definition) is 3. The predicted molar refractivity (Wildman–Crippen MR) is 90.3 cm³/mol. The van der Waals surface area contributed by atoms with E-state index in [0.717, 1.165) is 41.5 Å². The Balaban J connectivity index is 2.14. The lowest BCUT2D eigenvalue weighted by molar-refractivity contribution is 0.541. The van der Waals surface area contributed by atoms with Crippen LogP contribution in [0.3, 0.4) is 0 Å². The standard InChI is InChI=1S/C19H21N3/c1-19(2,3)18-21-16(14-10-6-4-7-11-14)20-17(22-18)15-12-8-5-9-13-15/h4,6-8,10-13H,5,9H2,1-3H3. The molecule has 1 heterocycles.